The minimum Gasteiger partial charge on any atom is -0.515 e. The lowest BCUT2D eigenvalue weighted by Crippen LogP contribution is -2.26. The van der Waals surface area contributed by atoms with E-state index in [4.69, 9.17) is 0 Å². The molecule has 118 valence electrons. The number of phenols is 2. The topological polar surface area (TPSA) is 115 Å². The number of hydrogen-bond acceptors (Lipinski definition) is 6. The lowest BCUT2D eigenvalue weighted by atomic mass is 9.91. The van der Waals surface area contributed by atoms with Crippen LogP contribution in [0.4, 0.5) is 0 Å². The molecule has 0 aromatic heterocycles. The second kappa shape index (κ2) is 4.48. The number of benzene rings is 4. The number of phenolic OH excluding ortho intramolecular Hbond substituents is 2. The van der Waals surface area contributed by atoms with E-state index >= 15 is 0 Å². The number of aliphatic hydroxyl groups excluding tert-OH is 2. The first kappa shape index (κ1) is 14.1. The van der Waals surface area contributed by atoms with Crippen LogP contribution >= 0.6 is 0 Å². The summed E-state index contributed by atoms with van der Waals surface area (Å²) in [4.78, 5) is 24.9. The van der Waals surface area contributed by atoms with Crippen LogP contribution in [0.3, 0.4) is 0 Å². The van der Waals surface area contributed by atoms with E-state index in [1.54, 1.807) is 0 Å². The molecule has 4 aromatic rings. The molecule has 4 N–H and O–H groups in total. The minimum absolute atomic E-state index is 0.0475. The summed E-state index contributed by atoms with van der Waals surface area (Å²) < 4.78 is 0. The molecule has 0 atom stereocenters. The second-order valence-corrected chi connectivity index (χ2v) is 5.60. The van der Waals surface area contributed by atoms with Gasteiger partial charge in [0.05, 0.1) is 12.5 Å². The van der Waals surface area contributed by atoms with Crippen molar-refractivity contribution >= 4 is 44.8 Å². The molecule has 24 heavy (non-hydrogen) atoms. The Morgan fingerprint density at radius 3 is 1.29 bits per heavy atom. The van der Waals surface area contributed by atoms with Gasteiger partial charge in [0.1, 0.15) is 0 Å². The molecule has 0 fully saturated rings. The Labute approximate surface area is 132 Å². The first-order valence-electron chi connectivity index (χ1n) is 7.01. The Balaban J connectivity index is 2.59. The second-order valence-electron chi connectivity index (χ2n) is 5.60. The molecule has 6 heteroatoms. The number of hydrogen-bond donors (Lipinski definition) is 4. The third kappa shape index (κ3) is 1.54. The molecule has 0 bridgehead atoms. The predicted molar refractivity (Wildman–Crippen MR) is 90.6 cm³/mol. The van der Waals surface area contributed by atoms with Crippen LogP contribution in [0.25, 0.3) is 44.8 Å². The van der Waals surface area contributed by atoms with Crippen molar-refractivity contribution in [3.8, 4) is 11.5 Å². The molecule has 0 amide bonds. The summed E-state index contributed by atoms with van der Waals surface area (Å²) in [5.74, 6) is -0.934. The number of rotatable bonds is 0. The van der Waals surface area contributed by atoms with E-state index in [1.807, 2.05) is 0 Å². The molecule has 6 nitrogen and oxygen atoms in total. The van der Waals surface area contributed by atoms with Crippen molar-refractivity contribution in [2.45, 2.75) is 0 Å². The van der Waals surface area contributed by atoms with E-state index in [2.05, 4.69) is 0 Å². The van der Waals surface area contributed by atoms with Gasteiger partial charge >= 0.3 is 0 Å². The third-order valence-electron chi connectivity index (χ3n) is 4.30. The Morgan fingerprint density at radius 1 is 0.625 bits per heavy atom. The highest BCUT2D eigenvalue weighted by atomic mass is 16.3. The zero-order valence-corrected chi connectivity index (χ0v) is 12.1. The van der Waals surface area contributed by atoms with Crippen molar-refractivity contribution in [1.29, 1.82) is 0 Å². The van der Waals surface area contributed by atoms with E-state index in [1.165, 1.54) is 24.3 Å². The van der Waals surface area contributed by atoms with Crippen molar-refractivity contribution < 1.29 is 20.4 Å². The molecule has 0 aliphatic carbocycles. The molecule has 4 aromatic carbocycles. The lowest BCUT2D eigenvalue weighted by molar-refractivity contribution is 0.412. The molecule has 0 aliphatic rings. The first-order chi connectivity index (χ1) is 11.5. The molecule has 0 saturated heterocycles. The summed E-state index contributed by atoms with van der Waals surface area (Å²) in [7, 11) is 0. The molecule has 0 spiro atoms. The highest BCUT2D eigenvalue weighted by Gasteiger charge is 2.21. The molecule has 4 rings (SSSR count). The van der Waals surface area contributed by atoms with Crippen LogP contribution in [0.1, 0.15) is 0 Å². The first-order valence-corrected chi connectivity index (χ1v) is 7.01. The van der Waals surface area contributed by atoms with E-state index in [0.717, 1.165) is 12.5 Å². The van der Waals surface area contributed by atoms with Crippen LogP contribution in [0, 0.1) is 0 Å². The third-order valence-corrected chi connectivity index (χ3v) is 4.30. The van der Waals surface area contributed by atoms with Gasteiger partial charge in [-0.3, -0.25) is 9.59 Å². The van der Waals surface area contributed by atoms with Gasteiger partial charge in [-0.2, -0.15) is 0 Å². The van der Waals surface area contributed by atoms with Crippen molar-refractivity contribution in [2.24, 2.45) is 0 Å². The fraction of sp³-hybridized carbons (Fsp3) is 0. The smallest absolute Gasteiger partial charge is 0.234 e. The van der Waals surface area contributed by atoms with Gasteiger partial charge in [-0.1, -0.05) is 0 Å². The fourth-order valence-electron chi connectivity index (χ4n) is 3.25. The average molecular weight is 322 g/mol. The monoisotopic (exact) mass is 322 g/mol. The zero-order chi connectivity index (χ0) is 17.2. The van der Waals surface area contributed by atoms with Crippen LogP contribution in [-0.4, -0.2) is 20.4 Å². The Morgan fingerprint density at radius 2 is 0.958 bits per heavy atom. The van der Waals surface area contributed by atoms with E-state index < -0.39 is 22.4 Å². The maximum atomic E-state index is 12.4. The van der Waals surface area contributed by atoms with Gasteiger partial charge in [0.15, 0.2) is 11.5 Å². The molecular weight excluding hydrogens is 312 g/mol. The van der Waals surface area contributed by atoms with Crippen molar-refractivity contribution in [3.63, 3.8) is 0 Å². The van der Waals surface area contributed by atoms with Crippen molar-refractivity contribution in [1.82, 2.24) is 0 Å². The van der Waals surface area contributed by atoms with Crippen LogP contribution in [0.5, 0.6) is 11.5 Å². The SMILES string of the molecule is O=c1c(=O)c2cc(=CO)cc3c(O)c(O)c4cc(=CO)cc1c4c32. The molecule has 0 aliphatic heterocycles. The normalized spacial score (nSPS) is 13.7. The molecule has 0 radical (unpaired) electrons. The van der Waals surface area contributed by atoms with Gasteiger partial charge in [0, 0.05) is 42.8 Å². The maximum absolute atomic E-state index is 12.4. The van der Waals surface area contributed by atoms with Gasteiger partial charge < -0.3 is 20.4 Å². The van der Waals surface area contributed by atoms with Gasteiger partial charge in [0.25, 0.3) is 0 Å². The highest BCUT2D eigenvalue weighted by Crippen LogP contribution is 2.43. The summed E-state index contributed by atoms with van der Waals surface area (Å²) in [5, 5.41) is 40.6. The molecular formula is C18H10O6. The minimum atomic E-state index is -0.780. The van der Waals surface area contributed by atoms with Gasteiger partial charge in [-0.25, -0.2) is 0 Å². The van der Waals surface area contributed by atoms with Gasteiger partial charge in [0.2, 0.25) is 10.9 Å². The van der Waals surface area contributed by atoms with Crippen LogP contribution in [0.2, 0.25) is 0 Å². The van der Waals surface area contributed by atoms with Crippen LogP contribution in [0.15, 0.2) is 33.9 Å². The van der Waals surface area contributed by atoms with Crippen LogP contribution < -0.4 is 21.3 Å². The van der Waals surface area contributed by atoms with Gasteiger partial charge in [-0.05, 0) is 24.3 Å². The van der Waals surface area contributed by atoms with E-state index in [0.29, 0.717) is 10.8 Å². The summed E-state index contributed by atoms with van der Waals surface area (Å²) in [5.41, 5.74) is -1.56. The number of aromatic hydroxyl groups is 2. The van der Waals surface area contributed by atoms with E-state index in [-0.39, 0.29) is 32.0 Å². The van der Waals surface area contributed by atoms with Crippen molar-refractivity contribution in [2.75, 3.05) is 0 Å². The Hall–Kier alpha value is -3.54. The quantitative estimate of drug-likeness (QED) is 0.216. The molecule has 0 saturated carbocycles. The summed E-state index contributed by atoms with van der Waals surface area (Å²) in [6.45, 7) is 0. The van der Waals surface area contributed by atoms with Crippen LogP contribution in [-0.2, 0) is 0 Å². The van der Waals surface area contributed by atoms with Gasteiger partial charge in [-0.15, -0.1) is 0 Å². The Bertz CT molecular complexity index is 1260. The summed E-state index contributed by atoms with van der Waals surface area (Å²) in [6.07, 6.45) is 1.49. The van der Waals surface area contributed by atoms with Crippen molar-refractivity contribution in [3.05, 3.63) is 55.1 Å². The average Bonchev–Trinajstić information content (AvgIpc) is 2.61. The fourth-order valence-corrected chi connectivity index (χ4v) is 3.25. The van der Waals surface area contributed by atoms with E-state index in [9.17, 15) is 30.0 Å². The summed E-state index contributed by atoms with van der Waals surface area (Å²) in [6, 6.07) is 5.53. The Kier molecular flexibility index (Phi) is 2.63. The standard InChI is InChI=1S/C18H10O6/c19-5-7-1-9-13-10(2-7)17(23)18(24)12-4-8(6-20)3-11(14(12)13)16(22)15(9)21/h1-6,19-22H. The predicted octanol–water partition coefficient (Wildman–Crippen LogP) is 0.745. The maximum Gasteiger partial charge on any atom is 0.234 e. The summed E-state index contributed by atoms with van der Waals surface area (Å²) >= 11 is 0. The lowest BCUT2D eigenvalue weighted by Gasteiger charge is -2.13. The zero-order valence-electron chi connectivity index (χ0n) is 12.1. The molecule has 0 unspecified atom stereocenters. The molecule has 0 heterocycles. The number of aliphatic hydroxyl groups is 2. The largest absolute Gasteiger partial charge is 0.515 e. The highest BCUT2D eigenvalue weighted by molar-refractivity contribution is 6.26.